The first-order valence-electron chi connectivity index (χ1n) is 3.39. The van der Waals surface area contributed by atoms with Crippen LogP contribution in [0.15, 0.2) is 18.7 Å². The van der Waals surface area contributed by atoms with Gasteiger partial charge < -0.3 is 21.9 Å². The van der Waals surface area contributed by atoms with Crippen LogP contribution < -0.4 is 17.0 Å². The van der Waals surface area contributed by atoms with E-state index >= 15 is 0 Å². The van der Waals surface area contributed by atoms with Crippen LogP contribution in [-0.4, -0.2) is 18.8 Å². The molecule has 0 saturated heterocycles. The topological polar surface area (TPSA) is 27.3 Å². The Labute approximate surface area is 78.1 Å². The number of methoxy groups -OCH3 is 2. The minimum absolute atomic E-state index is 0. The fourth-order valence-electron chi connectivity index (χ4n) is 0.890. The minimum Gasteiger partial charge on any atom is -1.00 e. The fraction of sp³-hybridized carbons (Fsp3) is 0.571. The highest BCUT2D eigenvalue weighted by Gasteiger charge is 2.00. The van der Waals surface area contributed by atoms with Gasteiger partial charge in [0.15, 0.2) is 13.5 Å². The summed E-state index contributed by atoms with van der Waals surface area (Å²) in [5.41, 5.74) is 0. The first-order chi connectivity index (χ1) is 5.36. The van der Waals surface area contributed by atoms with E-state index in [1.54, 1.807) is 14.2 Å². The molecule has 0 bridgehead atoms. The Morgan fingerprint density at radius 2 is 2.08 bits per heavy atom. The molecule has 0 N–H and O–H groups in total. The summed E-state index contributed by atoms with van der Waals surface area (Å²) in [5.74, 6) is 0. The maximum Gasteiger partial charge on any atom is 0.247 e. The summed E-state index contributed by atoms with van der Waals surface area (Å²) in [6.45, 7) is 1.16. The predicted octanol–water partition coefficient (Wildman–Crippen LogP) is -3.01. The number of hydrogen-bond donors (Lipinski definition) is 0. The molecule has 0 spiro atoms. The van der Waals surface area contributed by atoms with E-state index in [9.17, 15) is 0 Å². The second kappa shape index (κ2) is 5.99. The average molecular weight is 193 g/mol. The van der Waals surface area contributed by atoms with Crippen LogP contribution in [-0.2, 0) is 22.9 Å². The van der Waals surface area contributed by atoms with Crippen molar-refractivity contribution in [2.24, 2.45) is 0 Å². The highest BCUT2D eigenvalue weighted by molar-refractivity contribution is 4.63. The minimum atomic E-state index is 0. The molecule has 0 atom stereocenters. The second-order valence-corrected chi connectivity index (χ2v) is 2.28. The number of rotatable bonds is 4. The van der Waals surface area contributed by atoms with Crippen molar-refractivity contribution in [1.82, 2.24) is 4.57 Å². The molecule has 0 radical (unpaired) electrons. The molecule has 0 amide bonds. The van der Waals surface area contributed by atoms with Gasteiger partial charge in [0, 0.05) is 14.2 Å². The van der Waals surface area contributed by atoms with Crippen LogP contribution in [0.1, 0.15) is 0 Å². The highest BCUT2D eigenvalue weighted by atomic mass is 35.5. The summed E-state index contributed by atoms with van der Waals surface area (Å²) in [6.07, 6.45) is 5.79. The summed E-state index contributed by atoms with van der Waals surface area (Å²) in [7, 11) is 3.33. The van der Waals surface area contributed by atoms with E-state index in [4.69, 9.17) is 9.47 Å². The molecule has 0 unspecified atom stereocenters. The molecule has 1 heterocycles. The van der Waals surface area contributed by atoms with Gasteiger partial charge in [0.1, 0.15) is 12.4 Å². The number of nitrogens with zero attached hydrogens (tertiary/aromatic N) is 2. The zero-order chi connectivity index (χ0) is 8.10. The Morgan fingerprint density at radius 1 is 1.33 bits per heavy atom. The lowest BCUT2D eigenvalue weighted by Crippen LogP contribution is -3.00. The van der Waals surface area contributed by atoms with Crippen molar-refractivity contribution >= 4 is 0 Å². The SMILES string of the molecule is COCn1cc[n+](COC)c1.[Cl-]. The number of ether oxygens (including phenoxy) is 2. The summed E-state index contributed by atoms with van der Waals surface area (Å²) < 4.78 is 13.7. The lowest BCUT2D eigenvalue weighted by Gasteiger charge is -1.92. The molecule has 0 aliphatic carbocycles. The molecule has 70 valence electrons. The van der Waals surface area contributed by atoms with Crippen LogP contribution in [0.3, 0.4) is 0 Å². The highest BCUT2D eigenvalue weighted by Crippen LogP contribution is 1.83. The van der Waals surface area contributed by atoms with E-state index in [-0.39, 0.29) is 12.4 Å². The average Bonchev–Trinajstić information content (AvgIpc) is 2.38. The Hall–Kier alpha value is -0.580. The van der Waals surface area contributed by atoms with Crippen molar-refractivity contribution in [3.63, 3.8) is 0 Å². The Balaban J connectivity index is 0.00000121. The molecule has 0 aromatic carbocycles. The van der Waals surface area contributed by atoms with Gasteiger partial charge in [-0.05, 0) is 0 Å². The van der Waals surface area contributed by atoms with Gasteiger partial charge in [-0.25, -0.2) is 9.13 Å². The van der Waals surface area contributed by atoms with Crippen molar-refractivity contribution in [2.45, 2.75) is 13.5 Å². The number of halogens is 1. The van der Waals surface area contributed by atoms with Gasteiger partial charge in [0.05, 0.1) is 0 Å². The maximum atomic E-state index is 4.93. The van der Waals surface area contributed by atoms with Crippen molar-refractivity contribution in [3.8, 4) is 0 Å². The predicted molar refractivity (Wildman–Crippen MR) is 38.6 cm³/mol. The summed E-state index contributed by atoms with van der Waals surface area (Å²) in [4.78, 5) is 0. The molecule has 1 aromatic heterocycles. The Bertz CT molecular complexity index is 194. The lowest BCUT2D eigenvalue weighted by atomic mass is 10.9. The van der Waals surface area contributed by atoms with Gasteiger partial charge in [-0.2, -0.15) is 0 Å². The van der Waals surface area contributed by atoms with Gasteiger partial charge in [-0.1, -0.05) is 0 Å². The van der Waals surface area contributed by atoms with Gasteiger partial charge in [-0.3, -0.25) is 0 Å². The second-order valence-electron chi connectivity index (χ2n) is 2.28. The maximum absolute atomic E-state index is 4.93. The molecule has 4 nitrogen and oxygen atoms in total. The van der Waals surface area contributed by atoms with Crippen molar-refractivity contribution < 1.29 is 26.4 Å². The molecule has 1 rings (SSSR count). The molecule has 0 saturated carbocycles. The zero-order valence-electron chi connectivity index (χ0n) is 7.24. The van der Waals surface area contributed by atoms with Crippen LogP contribution in [0, 0.1) is 0 Å². The lowest BCUT2D eigenvalue weighted by molar-refractivity contribution is -0.730. The molecule has 1 aromatic rings. The molecule has 0 aliphatic rings. The third-order valence-electron chi connectivity index (χ3n) is 1.30. The summed E-state index contributed by atoms with van der Waals surface area (Å²) >= 11 is 0. The largest absolute Gasteiger partial charge is 1.00 e. The molecular formula is C7H13ClN2O2. The van der Waals surface area contributed by atoms with Crippen LogP contribution in [0.2, 0.25) is 0 Å². The fourth-order valence-corrected chi connectivity index (χ4v) is 0.890. The Morgan fingerprint density at radius 3 is 2.67 bits per heavy atom. The van der Waals surface area contributed by atoms with Gasteiger partial charge in [0.2, 0.25) is 6.33 Å². The van der Waals surface area contributed by atoms with Crippen molar-refractivity contribution in [1.29, 1.82) is 0 Å². The van der Waals surface area contributed by atoms with Gasteiger partial charge in [0.25, 0.3) is 0 Å². The molecule has 5 heteroatoms. The smallest absolute Gasteiger partial charge is 0.247 e. The first kappa shape index (κ1) is 11.4. The van der Waals surface area contributed by atoms with E-state index in [0.29, 0.717) is 13.5 Å². The first-order valence-corrected chi connectivity index (χ1v) is 3.39. The number of hydrogen-bond acceptors (Lipinski definition) is 2. The van der Waals surface area contributed by atoms with Gasteiger partial charge in [-0.15, -0.1) is 0 Å². The number of imidazole rings is 1. The number of aromatic nitrogens is 2. The van der Waals surface area contributed by atoms with E-state index in [2.05, 4.69) is 0 Å². The molecular weight excluding hydrogens is 180 g/mol. The van der Waals surface area contributed by atoms with E-state index < -0.39 is 0 Å². The van der Waals surface area contributed by atoms with Crippen molar-refractivity contribution in [2.75, 3.05) is 14.2 Å². The quantitative estimate of drug-likeness (QED) is 0.476. The third kappa shape index (κ3) is 3.21. The van der Waals surface area contributed by atoms with Gasteiger partial charge >= 0.3 is 0 Å². The summed E-state index contributed by atoms with van der Waals surface area (Å²) in [6, 6.07) is 0. The zero-order valence-corrected chi connectivity index (χ0v) is 7.99. The third-order valence-corrected chi connectivity index (χ3v) is 1.30. The van der Waals surface area contributed by atoms with Crippen LogP contribution >= 0.6 is 0 Å². The summed E-state index contributed by atoms with van der Waals surface area (Å²) in [5, 5.41) is 0. The monoisotopic (exact) mass is 192 g/mol. The van der Waals surface area contributed by atoms with E-state index in [1.165, 1.54) is 0 Å². The van der Waals surface area contributed by atoms with Crippen LogP contribution in [0.4, 0.5) is 0 Å². The van der Waals surface area contributed by atoms with Crippen LogP contribution in [0.5, 0.6) is 0 Å². The molecule has 12 heavy (non-hydrogen) atoms. The normalized spacial score (nSPS) is 9.50. The van der Waals surface area contributed by atoms with E-state index in [0.717, 1.165) is 0 Å². The van der Waals surface area contributed by atoms with Crippen molar-refractivity contribution in [3.05, 3.63) is 18.7 Å². The molecule has 0 fully saturated rings. The van der Waals surface area contributed by atoms with E-state index in [1.807, 2.05) is 27.9 Å². The van der Waals surface area contributed by atoms with Crippen LogP contribution in [0.25, 0.3) is 0 Å². The Kier molecular flexibility index (Phi) is 5.70. The standard InChI is InChI=1S/C7H13N2O2.ClH/c1-10-6-8-3-4-9(5-8)7-11-2;/h3-5H,6-7H2,1-2H3;1H/q+1;/p-1. The molecule has 0 aliphatic heterocycles.